The molecule has 4 bridgehead atoms. The fourth-order valence-electron chi connectivity index (χ4n) is 6.81. The largest absolute Gasteiger partial charge is 0.481 e. The van der Waals surface area contributed by atoms with Crippen molar-refractivity contribution in [2.75, 3.05) is 6.54 Å². The minimum Gasteiger partial charge on any atom is -0.481 e. The molecular weight excluding hydrogens is 376 g/mol. The fraction of sp³-hybridized carbons (Fsp3) is 0.810. The molecule has 0 aromatic rings. The van der Waals surface area contributed by atoms with E-state index in [4.69, 9.17) is 0 Å². The van der Waals surface area contributed by atoms with Crippen LogP contribution in [0.4, 0.5) is 0 Å². The standard InChI is InChI=1S/C21H30N2O6/c1-9(23-19(25)15-11-3-5-13(7-11)17(15)21(28)29)8-22-18(24)14-10-2-4-12(6-10)16(14)20(26)27/h9-17H,2-8H2,1H3,(H,22,24)(H,23,25)(H,26,27)(H,28,29)/t9-,10+,11+,12-,13-,14+,15+,16-,17-/m0/s1. The number of nitrogens with one attached hydrogen (secondary N) is 2. The van der Waals surface area contributed by atoms with Crippen molar-refractivity contribution in [1.82, 2.24) is 10.6 Å². The Morgan fingerprint density at radius 3 is 1.62 bits per heavy atom. The number of fused-ring (bicyclic) bond motifs is 4. The molecule has 4 aliphatic carbocycles. The molecule has 4 aliphatic rings. The molecule has 0 unspecified atom stereocenters. The average molecular weight is 406 g/mol. The first kappa shape index (κ1) is 20.2. The van der Waals surface area contributed by atoms with Crippen molar-refractivity contribution in [3.05, 3.63) is 0 Å². The number of aliphatic carboxylic acids is 2. The van der Waals surface area contributed by atoms with Crippen molar-refractivity contribution in [2.24, 2.45) is 47.3 Å². The van der Waals surface area contributed by atoms with Gasteiger partial charge >= 0.3 is 11.9 Å². The number of rotatable bonds is 7. The Hall–Kier alpha value is -2.12. The van der Waals surface area contributed by atoms with Gasteiger partial charge in [-0.05, 0) is 69.1 Å². The van der Waals surface area contributed by atoms with Gasteiger partial charge in [0.05, 0.1) is 23.7 Å². The lowest BCUT2D eigenvalue weighted by Gasteiger charge is -2.29. The number of amides is 2. The molecule has 0 spiro atoms. The van der Waals surface area contributed by atoms with Crippen LogP contribution in [0, 0.1) is 47.3 Å². The van der Waals surface area contributed by atoms with E-state index in [2.05, 4.69) is 10.6 Å². The van der Waals surface area contributed by atoms with Gasteiger partial charge in [-0.3, -0.25) is 19.2 Å². The van der Waals surface area contributed by atoms with Crippen LogP contribution in [0.3, 0.4) is 0 Å². The topological polar surface area (TPSA) is 133 Å². The smallest absolute Gasteiger partial charge is 0.307 e. The Balaban J connectivity index is 1.30. The lowest BCUT2D eigenvalue weighted by atomic mass is 9.78. The van der Waals surface area contributed by atoms with Crippen molar-refractivity contribution in [2.45, 2.75) is 51.5 Å². The summed E-state index contributed by atoms with van der Waals surface area (Å²) < 4.78 is 0. The Morgan fingerprint density at radius 2 is 1.17 bits per heavy atom. The Morgan fingerprint density at radius 1 is 0.759 bits per heavy atom. The van der Waals surface area contributed by atoms with Crippen molar-refractivity contribution in [1.29, 1.82) is 0 Å². The number of hydrogen-bond acceptors (Lipinski definition) is 4. The highest BCUT2D eigenvalue weighted by molar-refractivity contribution is 5.87. The second-order valence-corrected chi connectivity index (χ2v) is 9.60. The lowest BCUT2D eigenvalue weighted by Crippen LogP contribution is -2.49. The summed E-state index contributed by atoms with van der Waals surface area (Å²) in [5.74, 6) is -4.02. The van der Waals surface area contributed by atoms with Gasteiger partial charge in [-0.15, -0.1) is 0 Å². The molecule has 4 fully saturated rings. The SMILES string of the molecule is C[C@@H](CNC(=O)[C@@H]1[C@@H]2CC[C@@H](C2)[C@@H]1C(=O)O)NC(=O)[C@@H]1[C@@H]2CC[C@@H](C2)[C@@H]1C(=O)O. The summed E-state index contributed by atoms with van der Waals surface area (Å²) in [5.41, 5.74) is 0. The van der Waals surface area contributed by atoms with E-state index >= 15 is 0 Å². The van der Waals surface area contributed by atoms with E-state index in [1.54, 1.807) is 6.92 Å². The van der Waals surface area contributed by atoms with Gasteiger partial charge in [-0.1, -0.05) is 0 Å². The Labute approximate surface area is 169 Å². The maximum absolute atomic E-state index is 12.7. The average Bonchev–Trinajstić information content (AvgIpc) is 3.44. The zero-order chi connectivity index (χ0) is 20.9. The number of carbonyl (C=O) groups is 4. The van der Waals surface area contributed by atoms with Gasteiger partial charge in [0.2, 0.25) is 11.8 Å². The van der Waals surface area contributed by atoms with Crippen LogP contribution in [0.1, 0.15) is 45.4 Å². The maximum atomic E-state index is 12.7. The van der Waals surface area contributed by atoms with Gasteiger partial charge in [-0.2, -0.15) is 0 Å². The zero-order valence-electron chi connectivity index (χ0n) is 16.7. The summed E-state index contributed by atoms with van der Waals surface area (Å²) >= 11 is 0. The Kier molecular flexibility index (Phi) is 5.29. The molecule has 0 aromatic heterocycles. The predicted octanol–water partition coefficient (Wildman–Crippen LogP) is 1.10. The molecule has 160 valence electrons. The molecule has 9 atom stereocenters. The molecule has 29 heavy (non-hydrogen) atoms. The maximum Gasteiger partial charge on any atom is 0.307 e. The molecule has 2 amide bonds. The lowest BCUT2D eigenvalue weighted by molar-refractivity contribution is -0.150. The van der Waals surface area contributed by atoms with Gasteiger partial charge in [0, 0.05) is 12.6 Å². The molecule has 0 heterocycles. The monoisotopic (exact) mass is 406 g/mol. The summed E-state index contributed by atoms with van der Waals surface area (Å²) in [7, 11) is 0. The number of hydrogen-bond donors (Lipinski definition) is 4. The van der Waals surface area contributed by atoms with Crippen molar-refractivity contribution in [3.63, 3.8) is 0 Å². The second kappa shape index (κ2) is 7.61. The fourth-order valence-corrected chi connectivity index (χ4v) is 6.81. The first-order chi connectivity index (χ1) is 13.8. The highest BCUT2D eigenvalue weighted by Gasteiger charge is 2.55. The van der Waals surface area contributed by atoms with Gasteiger partial charge in [-0.25, -0.2) is 0 Å². The molecule has 0 aliphatic heterocycles. The molecule has 0 saturated heterocycles. The summed E-state index contributed by atoms with van der Waals surface area (Å²) in [6.45, 7) is 1.99. The van der Waals surface area contributed by atoms with Crippen LogP contribution in [0.5, 0.6) is 0 Å². The third-order valence-corrected chi connectivity index (χ3v) is 7.98. The van der Waals surface area contributed by atoms with Crippen LogP contribution in [-0.4, -0.2) is 46.6 Å². The van der Waals surface area contributed by atoms with Crippen molar-refractivity contribution in [3.8, 4) is 0 Å². The normalized spacial score (nSPS) is 40.6. The third-order valence-electron chi connectivity index (χ3n) is 7.98. The quantitative estimate of drug-likeness (QED) is 0.500. The number of carbonyl (C=O) groups excluding carboxylic acids is 2. The molecule has 8 heteroatoms. The first-order valence-corrected chi connectivity index (χ1v) is 10.8. The number of carboxylic acid groups (broad SMARTS) is 2. The van der Waals surface area contributed by atoms with Gasteiger partial charge in [0.25, 0.3) is 0 Å². The van der Waals surface area contributed by atoms with Crippen molar-refractivity contribution < 1.29 is 29.4 Å². The number of carboxylic acids is 2. The van der Waals surface area contributed by atoms with E-state index in [1.807, 2.05) is 0 Å². The van der Waals surface area contributed by atoms with E-state index < -0.39 is 35.6 Å². The van der Waals surface area contributed by atoms with Gasteiger partial charge in [0.1, 0.15) is 0 Å². The van der Waals surface area contributed by atoms with E-state index in [9.17, 15) is 29.4 Å². The molecule has 4 N–H and O–H groups in total. The molecule has 4 saturated carbocycles. The molecule has 4 rings (SSSR count). The summed E-state index contributed by atoms with van der Waals surface area (Å²) in [4.78, 5) is 48.6. The predicted molar refractivity (Wildman–Crippen MR) is 102 cm³/mol. The zero-order valence-corrected chi connectivity index (χ0v) is 16.7. The molecule has 0 radical (unpaired) electrons. The second-order valence-electron chi connectivity index (χ2n) is 9.60. The minimum atomic E-state index is -0.894. The highest BCUT2D eigenvalue weighted by atomic mass is 16.4. The van der Waals surface area contributed by atoms with Crippen LogP contribution in [-0.2, 0) is 19.2 Å². The Bertz CT molecular complexity index is 724. The van der Waals surface area contributed by atoms with E-state index in [1.165, 1.54) is 0 Å². The van der Waals surface area contributed by atoms with Crippen molar-refractivity contribution >= 4 is 23.8 Å². The molecule has 8 nitrogen and oxygen atoms in total. The van der Waals surface area contributed by atoms with Crippen LogP contribution in [0.25, 0.3) is 0 Å². The van der Waals surface area contributed by atoms with Crippen LogP contribution < -0.4 is 10.6 Å². The van der Waals surface area contributed by atoms with Crippen LogP contribution in [0.15, 0.2) is 0 Å². The highest BCUT2D eigenvalue weighted by Crippen LogP contribution is 2.53. The molecule has 0 aromatic carbocycles. The summed E-state index contributed by atoms with van der Waals surface area (Å²) in [5, 5.41) is 24.7. The third kappa shape index (κ3) is 3.51. The van der Waals surface area contributed by atoms with Crippen LogP contribution in [0.2, 0.25) is 0 Å². The summed E-state index contributed by atoms with van der Waals surface area (Å²) in [6.07, 6.45) is 5.18. The van der Waals surface area contributed by atoms with Crippen LogP contribution >= 0.6 is 0 Å². The van der Waals surface area contributed by atoms with Gasteiger partial charge in [0.15, 0.2) is 0 Å². The van der Waals surface area contributed by atoms with E-state index in [0.29, 0.717) is 0 Å². The summed E-state index contributed by atoms with van der Waals surface area (Å²) in [6, 6.07) is -0.345. The van der Waals surface area contributed by atoms with Gasteiger partial charge < -0.3 is 20.8 Å². The molecular formula is C21H30N2O6. The van der Waals surface area contributed by atoms with E-state index in [-0.39, 0.29) is 48.1 Å². The minimum absolute atomic E-state index is 0.0917. The first-order valence-electron chi connectivity index (χ1n) is 10.8. The van der Waals surface area contributed by atoms with E-state index in [0.717, 1.165) is 38.5 Å².